The number of hydrogen-bond donors (Lipinski definition) is 3. The Hall–Kier alpha value is -3.34. The van der Waals surface area contributed by atoms with E-state index in [0.717, 1.165) is 0 Å². The Bertz CT molecular complexity index is 969. The van der Waals surface area contributed by atoms with Crippen LogP contribution in [0.5, 0.6) is 0 Å². The van der Waals surface area contributed by atoms with E-state index in [2.05, 4.69) is 10.3 Å². The van der Waals surface area contributed by atoms with Crippen molar-refractivity contribution in [1.29, 1.82) is 0 Å². The molecule has 0 aromatic carbocycles. The summed E-state index contributed by atoms with van der Waals surface area (Å²) >= 11 is 0. The number of piperidine rings is 1. The largest absolute Gasteiger partial charge is 0.414 e. The van der Waals surface area contributed by atoms with Crippen molar-refractivity contribution >= 4 is 11.8 Å². The van der Waals surface area contributed by atoms with Crippen molar-refractivity contribution in [2.24, 2.45) is 0 Å². The van der Waals surface area contributed by atoms with E-state index >= 15 is 0 Å². The van der Waals surface area contributed by atoms with Crippen molar-refractivity contribution in [3.05, 3.63) is 65.9 Å². The van der Waals surface area contributed by atoms with Crippen molar-refractivity contribution in [2.45, 2.75) is 37.3 Å². The van der Waals surface area contributed by atoms with E-state index in [1.807, 2.05) is 5.32 Å². The van der Waals surface area contributed by atoms with Gasteiger partial charge in [0, 0.05) is 25.5 Å². The molecule has 4 rings (SSSR count). The van der Waals surface area contributed by atoms with Gasteiger partial charge in [-0.1, -0.05) is 12.1 Å². The molecule has 2 amide bonds. The predicted molar refractivity (Wildman–Crippen MR) is 107 cm³/mol. The summed E-state index contributed by atoms with van der Waals surface area (Å²) in [6.07, 6.45) is 2.34. The molecule has 4 heterocycles. The molecule has 8 nitrogen and oxygen atoms in total. The van der Waals surface area contributed by atoms with E-state index in [1.54, 1.807) is 29.3 Å². The second-order valence-corrected chi connectivity index (χ2v) is 7.67. The third kappa shape index (κ3) is 4.33. The second-order valence-electron chi connectivity index (χ2n) is 7.67. The minimum Gasteiger partial charge on any atom is -0.393 e. The Morgan fingerprint density at radius 1 is 1.22 bits per heavy atom. The van der Waals surface area contributed by atoms with Gasteiger partial charge in [-0.15, -0.1) is 0 Å². The average Bonchev–Trinajstić information content (AvgIpc) is 3.17. The molecule has 2 atom stereocenters. The number of halogens is 3. The van der Waals surface area contributed by atoms with Crippen molar-refractivity contribution in [3.63, 3.8) is 0 Å². The molecular formula is C21H22F3N5O3. The molecule has 170 valence electrons. The molecule has 1 fully saturated rings. The Kier molecular flexibility index (Phi) is 5.92. The van der Waals surface area contributed by atoms with Crippen LogP contribution in [0.25, 0.3) is 0 Å². The molecule has 0 bridgehead atoms. The smallest absolute Gasteiger partial charge is 0.393 e. The molecule has 0 radical (unpaired) electrons. The number of aliphatic hydroxyl groups is 1. The molecule has 2 unspecified atom stereocenters. The minimum atomic E-state index is -4.76. The zero-order valence-corrected chi connectivity index (χ0v) is 16.9. The van der Waals surface area contributed by atoms with E-state index in [9.17, 15) is 27.9 Å². The molecular weight excluding hydrogens is 427 g/mol. The maximum Gasteiger partial charge on any atom is 0.414 e. The maximum atomic E-state index is 13.7. The summed E-state index contributed by atoms with van der Waals surface area (Å²) in [5, 5.41) is 14.5. The van der Waals surface area contributed by atoms with Gasteiger partial charge in [-0.3, -0.25) is 14.6 Å². The van der Waals surface area contributed by atoms with Crippen molar-refractivity contribution in [1.82, 2.24) is 25.4 Å². The number of pyridine rings is 1. The van der Waals surface area contributed by atoms with E-state index in [-0.39, 0.29) is 17.3 Å². The normalized spacial score (nSPS) is 21.9. The van der Waals surface area contributed by atoms with Gasteiger partial charge in [0.25, 0.3) is 11.8 Å². The molecule has 1 aromatic heterocycles. The number of amides is 2. The molecule has 11 heteroatoms. The summed E-state index contributed by atoms with van der Waals surface area (Å²) in [6, 6.07) is 1.77. The fourth-order valence-corrected chi connectivity index (χ4v) is 3.87. The third-order valence-electron chi connectivity index (χ3n) is 5.53. The number of hydrogen-bond acceptors (Lipinski definition) is 6. The number of carbonyl (C=O) groups is 2. The lowest BCUT2D eigenvalue weighted by Crippen LogP contribution is -2.53. The number of rotatable bonds is 4. The monoisotopic (exact) mass is 449 g/mol. The summed E-state index contributed by atoms with van der Waals surface area (Å²) in [4.78, 5) is 32.8. The Labute approximate surface area is 182 Å². The van der Waals surface area contributed by atoms with Crippen LogP contribution in [0.15, 0.2) is 60.2 Å². The zero-order valence-electron chi connectivity index (χ0n) is 16.9. The lowest BCUT2D eigenvalue weighted by Gasteiger charge is -2.34. The number of alkyl halides is 3. The fourth-order valence-electron chi connectivity index (χ4n) is 3.87. The molecule has 0 aliphatic carbocycles. The van der Waals surface area contributed by atoms with Gasteiger partial charge in [-0.05, 0) is 37.1 Å². The zero-order chi connectivity index (χ0) is 22.9. The van der Waals surface area contributed by atoms with Crippen LogP contribution in [0.3, 0.4) is 0 Å². The number of aromatic nitrogens is 1. The van der Waals surface area contributed by atoms with Gasteiger partial charge < -0.3 is 25.5 Å². The lowest BCUT2D eigenvalue weighted by molar-refractivity contribution is -0.163. The summed E-state index contributed by atoms with van der Waals surface area (Å²) in [6.45, 7) is 0.719. The Morgan fingerprint density at radius 2 is 1.97 bits per heavy atom. The van der Waals surface area contributed by atoms with Gasteiger partial charge in [0.1, 0.15) is 5.70 Å². The topological polar surface area (TPSA) is 97.8 Å². The number of carbonyl (C=O) groups excluding carboxylic acids is 2. The van der Waals surface area contributed by atoms with Crippen molar-refractivity contribution in [2.75, 3.05) is 13.1 Å². The van der Waals surface area contributed by atoms with Crippen LogP contribution in [0.1, 0.15) is 24.6 Å². The van der Waals surface area contributed by atoms with Gasteiger partial charge in [0.2, 0.25) is 0 Å². The van der Waals surface area contributed by atoms with Crippen molar-refractivity contribution < 1.29 is 27.9 Å². The highest BCUT2D eigenvalue weighted by molar-refractivity contribution is 5.97. The van der Waals surface area contributed by atoms with Crippen LogP contribution in [-0.4, -0.2) is 63.2 Å². The molecule has 1 saturated heterocycles. The SMILES string of the molecule is O=C(NC(c1ccccn1)C(F)(F)F)C1=C2C=CC=CN2C(C(=O)N2CCC(O)CC2)N1. The van der Waals surface area contributed by atoms with Crippen LogP contribution < -0.4 is 10.6 Å². The number of likely N-dealkylation sites (tertiary alicyclic amines) is 1. The molecule has 1 aromatic rings. The molecule has 3 N–H and O–H groups in total. The van der Waals surface area contributed by atoms with Gasteiger partial charge in [-0.25, -0.2) is 0 Å². The quantitative estimate of drug-likeness (QED) is 0.642. The van der Waals surface area contributed by atoms with E-state index in [0.29, 0.717) is 31.6 Å². The molecule has 32 heavy (non-hydrogen) atoms. The van der Waals surface area contributed by atoms with Crippen LogP contribution in [0, 0.1) is 0 Å². The lowest BCUT2D eigenvalue weighted by atomic mass is 10.1. The number of nitrogens with one attached hydrogen (secondary N) is 2. The first-order chi connectivity index (χ1) is 15.3. The first-order valence-electron chi connectivity index (χ1n) is 10.1. The maximum absolute atomic E-state index is 13.7. The second kappa shape index (κ2) is 8.65. The molecule has 3 aliphatic rings. The molecule has 3 aliphatic heterocycles. The fraction of sp³-hybridized carbons (Fsp3) is 0.381. The van der Waals surface area contributed by atoms with E-state index < -0.39 is 30.4 Å². The predicted octanol–water partition coefficient (Wildman–Crippen LogP) is 1.31. The summed E-state index contributed by atoms with van der Waals surface area (Å²) in [7, 11) is 0. The van der Waals surface area contributed by atoms with Gasteiger partial charge >= 0.3 is 6.18 Å². The van der Waals surface area contributed by atoms with Gasteiger partial charge in [0.05, 0.1) is 17.5 Å². The van der Waals surface area contributed by atoms with E-state index in [1.165, 1.54) is 29.3 Å². The number of nitrogens with zero attached hydrogens (tertiary/aromatic N) is 3. The highest BCUT2D eigenvalue weighted by Crippen LogP contribution is 2.33. The van der Waals surface area contributed by atoms with Crippen LogP contribution in [0.4, 0.5) is 13.2 Å². The van der Waals surface area contributed by atoms with E-state index in [4.69, 9.17) is 0 Å². The number of aliphatic hydroxyl groups excluding tert-OH is 1. The van der Waals surface area contributed by atoms with Gasteiger partial charge in [0.15, 0.2) is 12.2 Å². The standard InChI is InChI=1S/C21H22F3N5O3/c22-21(23,24)17(14-5-1-3-9-25-14)27-19(31)16-15-6-2-4-10-29(15)18(26-16)20(32)28-11-7-13(30)8-12-28/h1-6,9-10,13,17-18,26,30H,7-8,11-12H2,(H,27,31). The summed E-state index contributed by atoms with van der Waals surface area (Å²) in [5.41, 5.74) is -0.180. The molecule has 0 spiro atoms. The average molecular weight is 449 g/mol. The first kappa shape index (κ1) is 21.9. The summed E-state index contributed by atoms with van der Waals surface area (Å²) < 4.78 is 41.0. The third-order valence-corrected chi connectivity index (χ3v) is 5.53. The Balaban J connectivity index is 1.55. The highest BCUT2D eigenvalue weighted by atomic mass is 19.4. The minimum absolute atomic E-state index is 0.133. The summed E-state index contributed by atoms with van der Waals surface area (Å²) in [5.74, 6) is -1.32. The first-order valence-corrected chi connectivity index (χ1v) is 10.1. The van der Waals surface area contributed by atoms with Gasteiger partial charge in [-0.2, -0.15) is 13.2 Å². The van der Waals surface area contributed by atoms with Crippen LogP contribution in [-0.2, 0) is 9.59 Å². The van der Waals surface area contributed by atoms with Crippen LogP contribution in [0.2, 0.25) is 0 Å². The molecule has 0 saturated carbocycles. The van der Waals surface area contributed by atoms with Crippen LogP contribution >= 0.6 is 0 Å². The Morgan fingerprint density at radius 3 is 2.62 bits per heavy atom. The highest BCUT2D eigenvalue weighted by Gasteiger charge is 2.45. The number of allylic oxidation sites excluding steroid dienone is 3. The van der Waals surface area contributed by atoms with Crippen molar-refractivity contribution in [3.8, 4) is 0 Å². The number of fused-ring (bicyclic) bond motifs is 1.